The van der Waals surface area contributed by atoms with Crippen LogP contribution in [0.3, 0.4) is 0 Å². The Labute approximate surface area is 128 Å². The van der Waals surface area contributed by atoms with Gasteiger partial charge in [0.2, 0.25) is 0 Å². The summed E-state index contributed by atoms with van der Waals surface area (Å²) in [7, 11) is 0. The Bertz CT molecular complexity index is 781. The van der Waals surface area contributed by atoms with Crippen molar-refractivity contribution in [2.24, 2.45) is 5.84 Å². The van der Waals surface area contributed by atoms with Gasteiger partial charge in [-0.25, -0.2) is 5.84 Å². The maximum Gasteiger partial charge on any atom is 0.253 e. The van der Waals surface area contributed by atoms with Crippen molar-refractivity contribution in [1.29, 1.82) is 0 Å². The molecule has 3 aromatic rings. The van der Waals surface area contributed by atoms with Gasteiger partial charge in [-0.15, -0.1) is 0 Å². The van der Waals surface area contributed by atoms with E-state index in [0.717, 1.165) is 22.2 Å². The number of hydrogen-bond donors (Lipinski definition) is 2. The van der Waals surface area contributed by atoms with Gasteiger partial charge in [-0.3, -0.25) is 10.2 Å². The van der Waals surface area contributed by atoms with E-state index < -0.39 is 0 Å². The minimum absolute atomic E-state index is 0.183. The highest BCUT2D eigenvalue weighted by atomic mass is 16.5. The summed E-state index contributed by atoms with van der Waals surface area (Å²) in [5.41, 5.74) is 4.19. The number of aromatic nitrogens is 1. The van der Waals surface area contributed by atoms with E-state index in [9.17, 15) is 4.79 Å². The molecule has 1 amide bonds. The number of benzene rings is 2. The molecule has 3 rings (SSSR count). The third-order valence-electron chi connectivity index (χ3n) is 3.49. The molecule has 1 aromatic heterocycles. The lowest BCUT2D eigenvalue weighted by molar-refractivity contribution is -0.121. The molecule has 0 radical (unpaired) electrons. The molecule has 0 saturated carbocycles. The van der Waals surface area contributed by atoms with Crippen molar-refractivity contribution < 1.29 is 9.53 Å². The summed E-state index contributed by atoms with van der Waals surface area (Å²) < 4.78 is 7.75. The van der Waals surface area contributed by atoms with Gasteiger partial charge in [-0.1, -0.05) is 36.4 Å². The molecule has 3 N–H and O–H groups in total. The number of hydrazine groups is 1. The van der Waals surface area contributed by atoms with Crippen LogP contribution in [-0.4, -0.2) is 10.5 Å². The van der Waals surface area contributed by atoms with Crippen molar-refractivity contribution in [1.82, 2.24) is 9.99 Å². The Balaban J connectivity index is 1.83. The van der Waals surface area contributed by atoms with Crippen LogP contribution < -0.4 is 16.0 Å². The van der Waals surface area contributed by atoms with Crippen LogP contribution >= 0.6 is 0 Å². The molecule has 0 spiro atoms. The summed E-state index contributed by atoms with van der Waals surface area (Å²) in [5, 5.41) is 0.975. The number of carbonyl (C=O) groups excluding carboxylic acids is 1. The van der Waals surface area contributed by atoms with Crippen molar-refractivity contribution in [3.05, 3.63) is 66.4 Å². The topological polar surface area (TPSA) is 69.3 Å². The third kappa shape index (κ3) is 2.94. The number of hydrogen-bond acceptors (Lipinski definition) is 3. The lowest BCUT2D eigenvalue weighted by Crippen LogP contribution is -2.33. The summed E-state index contributed by atoms with van der Waals surface area (Å²) >= 11 is 0. The monoisotopic (exact) mass is 295 g/mol. The largest absolute Gasteiger partial charge is 0.488 e. The minimum Gasteiger partial charge on any atom is -0.488 e. The van der Waals surface area contributed by atoms with Crippen molar-refractivity contribution in [3.63, 3.8) is 0 Å². The predicted molar refractivity (Wildman–Crippen MR) is 85.0 cm³/mol. The lowest BCUT2D eigenvalue weighted by Gasteiger charge is -2.09. The van der Waals surface area contributed by atoms with Gasteiger partial charge in [0.15, 0.2) is 0 Å². The number of ether oxygens (including phenoxy) is 1. The molecule has 22 heavy (non-hydrogen) atoms. The number of fused-ring (bicyclic) bond motifs is 1. The van der Waals surface area contributed by atoms with Gasteiger partial charge < -0.3 is 9.30 Å². The smallest absolute Gasteiger partial charge is 0.253 e. The molecule has 0 atom stereocenters. The van der Waals surface area contributed by atoms with Crippen molar-refractivity contribution in [3.8, 4) is 5.75 Å². The van der Waals surface area contributed by atoms with Crippen LogP contribution in [0.1, 0.15) is 5.56 Å². The molecule has 0 aliphatic rings. The molecule has 0 saturated heterocycles. The first kappa shape index (κ1) is 14.2. The maximum atomic E-state index is 11.4. The van der Waals surface area contributed by atoms with E-state index in [2.05, 4.69) is 5.43 Å². The van der Waals surface area contributed by atoms with Crippen LogP contribution in [0.15, 0.2) is 60.8 Å². The van der Waals surface area contributed by atoms with Gasteiger partial charge in [-0.05, 0) is 23.8 Å². The average Bonchev–Trinajstić information content (AvgIpc) is 2.97. The Kier molecular flexibility index (Phi) is 4.07. The quantitative estimate of drug-likeness (QED) is 0.431. The second kappa shape index (κ2) is 6.32. The number of carbonyl (C=O) groups is 1. The molecule has 5 nitrogen and oxygen atoms in total. The first-order valence-electron chi connectivity index (χ1n) is 7.02. The molecular formula is C17H17N3O2. The number of nitrogens with zero attached hydrogens (tertiary/aromatic N) is 1. The standard InChI is InChI=1S/C17H17N3O2/c18-19-17(21)11-20-10-9-14-15(20)7-4-8-16(14)22-12-13-5-2-1-3-6-13/h1-10H,11-12,18H2,(H,19,21). The molecule has 0 unspecified atom stereocenters. The van der Waals surface area contributed by atoms with Crippen LogP contribution in [0.4, 0.5) is 0 Å². The number of rotatable bonds is 5. The Morgan fingerprint density at radius 1 is 1.09 bits per heavy atom. The van der Waals surface area contributed by atoms with E-state index in [1.54, 1.807) is 0 Å². The van der Waals surface area contributed by atoms with Crippen LogP contribution in [0.25, 0.3) is 10.9 Å². The summed E-state index contributed by atoms with van der Waals surface area (Å²) in [6, 6.07) is 17.7. The molecule has 5 heteroatoms. The van der Waals surface area contributed by atoms with Crippen LogP contribution in [0.5, 0.6) is 5.75 Å². The second-order valence-electron chi connectivity index (χ2n) is 4.97. The number of nitrogens with two attached hydrogens (primary N) is 1. The summed E-state index contributed by atoms with van der Waals surface area (Å²) in [4.78, 5) is 11.4. The second-order valence-corrected chi connectivity index (χ2v) is 4.97. The highest BCUT2D eigenvalue weighted by Crippen LogP contribution is 2.27. The predicted octanol–water partition coefficient (Wildman–Crippen LogP) is 2.21. The molecule has 2 aromatic carbocycles. The first-order chi connectivity index (χ1) is 10.8. The molecule has 1 heterocycles. The summed E-state index contributed by atoms with van der Waals surface area (Å²) in [6.45, 7) is 0.691. The van der Waals surface area contributed by atoms with Gasteiger partial charge in [0.1, 0.15) is 18.9 Å². The molecular weight excluding hydrogens is 278 g/mol. The van der Waals surface area contributed by atoms with Crippen molar-refractivity contribution in [2.75, 3.05) is 0 Å². The third-order valence-corrected chi connectivity index (χ3v) is 3.49. The highest BCUT2D eigenvalue weighted by Gasteiger charge is 2.09. The number of nitrogens with one attached hydrogen (secondary N) is 1. The molecule has 0 fully saturated rings. The Morgan fingerprint density at radius 2 is 1.91 bits per heavy atom. The molecule has 0 aliphatic carbocycles. The first-order valence-corrected chi connectivity index (χ1v) is 7.02. The van der Waals surface area contributed by atoms with E-state index in [1.165, 1.54) is 0 Å². The van der Waals surface area contributed by atoms with E-state index in [-0.39, 0.29) is 12.5 Å². The zero-order valence-corrected chi connectivity index (χ0v) is 12.0. The van der Waals surface area contributed by atoms with E-state index in [4.69, 9.17) is 10.6 Å². The highest BCUT2D eigenvalue weighted by molar-refractivity contribution is 5.88. The van der Waals surface area contributed by atoms with Gasteiger partial charge in [0.05, 0.1) is 5.52 Å². The fourth-order valence-electron chi connectivity index (χ4n) is 2.39. The SMILES string of the molecule is NNC(=O)Cn1ccc2c(OCc3ccccc3)cccc21. The van der Waals surface area contributed by atoms with Crippen molar-refractivity contribution in [2.45, 2.75) is 13.2 Å². The zero-order valence-electron chi connectivity index (χ0n) is 12.0. The Hall–Kier alpha value is -2.79. The van der Waals surface area contributed by atoms with Gasteiger partial charge in [0.25, 0.3) is 5.91 Å². The maximum absolute atomic E-state index is 11.4. The minimum atomic E-state index is -0.242. The fraction of sp³-hybridized carbons (Fsp3) is 0.118. The normalized spacial score (nSPS) is 10.6. The fourth-order valence-corrected chi connectivity index (χ4v) is 2.39. The van der Waals surface area contributed by atoms with Crippen LogP contribution in [-0.2, 0) is 17.9 Å². The molecule has 0 bridgehead atoms. The van der Waals surface area contributed by atoms with Gasteiger partial charge in [0, 0.05) is 11.6 Å². The molecule has 112 valence electrons. The zero-order chi connectivity index (χ0) is 15.4. The van der Waals surface area contributed by atoms with Crippen molar-refractivity contribution >= 4 is 16.8 Å². The molecule has 0 aliphatic heterocycles. The van der Waals surface area contributed by atoms with Crippen LogP contribution in [0, 0.1) is 0 Å². The van der Waals surface area contributed by atoms with E-state index in [0.29, 0.717) is 6.61 Å². The lowest BCUT2D eigenvalue weighted by atomic mass is 10.2. The van der Waals surface area contributed by atoms with E-state index in [1.807, 2.05) is 65.4 Å². The summed E-state index contributed by atoms with van der Waals surface area (Å²) in [5.74, 6) is 5.69. The van der Waals surface area contributed by atoms with E-state index >= 15 is 0 Å². The Morgan fingerprint density at radius 3 is 2.68 bits per heavy atom. The average molecular weight is 295 g/mol. The summed E-state index contributed by atoms with van der Waals surface area (Å²) in [6.07, 6.45) is 1.86. The van der Waals surface area contributed by atoms with Crippen LogP contribution in [0.2, 0.25) is 0 Å². The number of amides is 1. The van der Waals surface area contributed by atoms with Gasteiger partial charge >= 0.3 is 0 Å². The van der Waals surface area contributed by atoms with Gasteiger partial charge in [-0.2, -0.15) is 0 Å².